The number of halogens is 1. The van der Waals surface area contributed by atoms with Crippen molar-refractivity contribution < 1.29 is 9.53 Å². The van der Waals surface area contributed by atoms with E-state index in [0.29, 0.717) is 13.2 Å². The van der Waals surface area contributed by atoms with Gasteiger partial charge in [0.2, 0.25) is 0 Å². The summed E-state index contributed by atoms with van der Waals surface area (Å²) in [7, 11) is 1.82. The van der Waals surface area contributed by atoms with Crippen LogP contribution in [0.1, 0.15) is 39.5 Å². The van der Waals surface area contributed by atoms with E-state index >= 15 is 0 Å². The van der Waals surface area contributed by atoms with Gasteiger partial charge in [0.1, 0.15) is 0 Å². The van der Waals surface area contributed by atoms with Crippen LogP contribution < -0.4 is 5.32 Å². The number of carbonyl (C=O) groups is 1. The number of rotatable bonds is 5. The molecule has 2 aliphatic heterocycles. The third-order valence-electron chi connectivity index (χ3n) is 5.00. The number of nitrogens with zero attached hydrogens (tertiary/aromatic N) is 3. The number of hydrogen-bond acceptors (Lipinski definition) is 4. The van der Waals surface area contributed by atoms with Crippen molar-refractivity contribution in [2.24, 2.45) is 16.8 Å². The molecule has 2 unspecified atom stereocenters. The van der Waals surface area contributed by atoms with Gasteiger partial charge in [-0.05, 0) is 45.1 Å². The lowest BCUT2D eigenvalue weighted by atomic mass is 9.98. The number of likely N-dealkylation sites (tertiary alicyclic amines) is 2. The number of carbonyl (C=O) groups excluding carboxylic acids is 1. The second kappa shape index (κ2) is 11.9. The number of nitrogens with one attached hydrogen (secondary N) is 1. The van der Waals surface area contributed by atoms with E-state index in [-0.39, 0.29) is 35.9 Å². The van der Waals surface area contributed by atoms with Crippen molar-refractivity contribution in [1.29, 1.82) is 0 Å². The van der Waals surface area contributed by atoms with Gasteiger partial charge in [0.25, 0.3) is 0 Å². The normalized spacial score (nSPS) is 25.2. The molecule has 0 amide bonds. The van der Waals surface area contributed by atoms with E-state index < -0.39 is 0 Å². The number of piperidine rings is 2. The predicted octanol–water partition coefficient (Wildman–Crippen LogP) is 2.19. The number of guanidine groups is 1. The number of esters is 1. The fraction of sp³-hybridized carbons (Fsp3) is 0.889. The highest BCUT2D eigenvalue weighted by Gasteiger charge is 2.28. The number of aliphatic imine (C=N–C) groups is 1. The van der Waals surface area contributed by atoms with Gasteiger partial charge in [0.05, 0.1) is 12.5 Å². The Hall–Kier alpha value is -0.570. The monoisotopic (exact) mass is 466 g/mol. The minimum Gasteiger partial charge on any atom is -0.466 e. The summed E-state index contributed by atoms with van der Waals surface area (Å²) in [5, 5.41) is 3.47. The molecule has 0 radical (unpaired) electrons. The SMILES string of the molecule is CCOC(=O)C1CCCN(C(=NC)NCCN2CCCC(C)C2)C1.I. The van der Waals surface area contributed by atoms with Gasteiger partial charge < -0.3 is 19.9 Å². The quantitative estimate of drug-likeness (QED) is 0.292. The molecule has 2 heterocycles. The van der Waals surface area contributed by atoms with Crippen LogP contribution in [0.4, 0.5) is 0 Å². The largest absolute Gasteiger partial charge is 0.466 e. The topological polar surface area (TPSA) is 57.2 Å². The van der Waals surface area contributed by atoms with Crippen LogP contribution in [0.5, 0.6) is 0 Å². The van der Waals surface area contributed by atoms with Crippen LogP contribution in [0.25, 0.3) is 0 Å². The van der Waals surface area contributed by atoms with Crippen molar-refractivity contribution in [3.05, 3.63) is 0 Å². The summed E-state index contributed by atoms with van der Waals surface area (Å²) < 4.78 is 5.18. The highest BCUT2D eigenvalue weighted by Crippen LogP contribution is 2.18. The highest BCUT2D eigenvalue weighted by atomic mass is 127. The molecule has 0 aliphatic carbocycles. The molecule has 146 valence electrons. The lowest BCUT2D eigenvalue weighted by Crippen LogP contribution is -2.50. The first kappa shape index (κ1) is 22.5. The predicted molar refractivity (Wildman–Crippen MR) is 113 cm³/mol. The highest BCUT2D eigenvalue weighted by molar-refractivity contribution is 14.0. The molecule has 0 aromatic carbocycles. The van der Waals surface area contributed by atoms with E-state index in [1.165, 1.54) is 25.9 Å². The van der Waals surface area contributed by atoms with Gasteiger partial charge >= 0.3 is 5.97 Å². The summed E-state index contributed by atoms with van der Waals surface area (Å²) in [4.78, 5) is 21.1. The van der Waals surface area contributed by atoms with E-state index in [2.05, 4.69) is 27.0 Å². The van der Waals surface area contributed by atoms with Crippen molar-refractivity contribution in [2.75, 3.05) is 52.9 Å². The van der Waals surface area contributed by atoms with Gasteiger partial charge in [-0.2, -0.15) is 0 Å². The molecular formula is C18H35IN4O2. The first-order valence-electron chi connectivity index (χ1n) is 9.48. The average molecular weight is 466 g/mol. The van der Waals surface area contributed by atoms with Crippen LogP contribution >= 0.6 is 24.0 Å². The molecule has 0 aromatic heterocycles. The van der Waals surface area contributed by atoms with E-state index in [4.69, 9.17) is 4.74 Å². The molecule has 0 spiro atoms. The van der Waals surface area contributed by atoms with E-state index in [9.17, 15) is 4.79 Å². The standard InChI is InChI=1S/C18H34N4O2.HI/c1-4-24-17(23)16-8-6-11-22(14-16)18(19-3)20-9-12-21-10-5-7-15(2)13-21;/h15-16H,4-14H2,1-3H3,(H,19,20);1H. The summed E-state index contributed by atoms with van der Waals surface area (Å²) in [6.45, 7) is 10.7. The number of ether oxygens (including phenoxy) is 1. The van der Waals surface area contributed by atoms with Gasteiger partial charge in [-0.1, -0.05) is 6.92 Å². The van der Waals surface area contributed by atoms with Crippen LogP contribution in [0.2, 0.25) is 0 Å². The van der Waals surface area contributed by atoms with Crippen LogP contribution in [-0.2, 0) is 9.53 Å². The minimum atomic E-state index is -0.0695. The Morgan fingerprint density at radius 2 is 2.00 bits per heavy atom. The van der Waals surface area contributed by atoms with Crippen molar-refractivity contribution >= 4 is 35.9 Å². The average Bonchev–Trinajstić information content (AvgIpc) is 2.59. The fourth-order valence-corrected chi connectivity index (χ4v) is 3.77. The van der Waals surface area contributed by atoms with Gasteiger partial charge in [-0.15, -0.1) is 24.0 Å². The Bertz CT molecular complexity index is 433. The van der Waals surface area contributed by atoms with E-state index in [0.717, 1.165) is 44.4 Å². The lowest BCUT2D eigenvalue weighted by Gasteiger charge is -2.35. The maximum atomic E-state index is 12.0. The molecule has 6 nitrogen and oxygen atoms in total. The van der Waals surface area contributed by atoms with Crippen LogP contribution in [-0.4, -0.2) is 74.7 Å². The molecule has 2 saturated heterocycles. The molecule has 7 heteroatoms. The second-order valence-electron chi connectivity index (χ2n) is 7.06. The van der Waals surface area contributed by atoms with Gasteiger partial charge in [-0.3, -0.25) is 9.79 Å². The molecule has 2 fully saturated rings. The van der Waals surface area contributed by atoms with Crippen molar-refractivity contribution in [3.63, 3.8) is 0 Å². The zero-order valence-corrected chi connectivity index (χ0v) is 18.3. The molecule has 0 bridgehead atoms. The molecule has 2 atom stereocenters. The maximum absolute atomic E-state index is 12.0. The van der Waals surface area contributed by atoms with Crippen LogP contribution in [0, 0.1) is 11.8 Å². The summed E-state index contributed by atoms with van der Waals surface area (Å²) in [5.41, 5.74) is 0. The number of hydrogen-bond donors (Lipinski definition) is 1. The van der Waals surface area contributed by atoms with Crippen molar-refractivity contribution in [3.8, 4) is 0 Å². The zero-order chi connectivity index (χ0) is 17.4. The van der Waals surface area contributed by atoms with Crippen LogP contribution in [0.15, 0.2) is 4.99 Å². The summed E-state index contributed by atoms with van der Waals surface area (Å²) in [5.74, 6) is 1.62. The molecule has 2 rings (SSSR count). The van der Waals surface area contributed by atoms with Crippen LogP contribution in [0.3, 0.4) is 0 Å². The zero-order valence-electron chi connectivity index (χ0n) is 16.0. The third-order valence-corrected chi connectivity index (χ3v) is 5.00. The van der Waals surface area contributed by atoms with Gasteiger partial charge in [0.15, 0.2) is 5.96 Å². The Labute approximate surface area is 169 Å². The fourth-order valence-electron chi connectivity index (χ4n) is 3.77. The molecule has 25 heavy (non-hydrogen) atoms. The molecular weight excluding hydrogens is 431 g/mol. The van der Waals surface area contributed by atoms with Gasteiger partial charge in [-0.25, -0.2) is 0 Å². The van der Waals surface area contributed by atoms with E-state index in [1.807, 2.05) is 14.0 Å². The summed E-state index contributed by atoms with van der Waals surface area (Å²) in [6, 6.07) is 0. The molecule has 0 saturated carbocycles. The molecule has 0 aromatic rings. The molecule has 1 N–H and O–H groups in total. The molecule has 2 aliphatic rings. The van der Waals surface area contributed by atoms with Crippen molar-refractivity contribution in [2.45, 2.75) is 39.5 Å². The summed E-state index contributed by atoms with van der Waals surface area (Å²) in [6.07, 6.45) is 4.59. The smallest absolute Gasteiger partial charge is 0.310 e. The Kier molecular flexibility index (Phi) is 10.7. The summed E-state index contributed by atoms with van der Waals surface area (Å²) >= 11 is 0. The Morgan fingerprint density at radius 1 is 1.24 bits per heavy atom. The first-order chi connectivity index (χ1) is 11.6. The lowest BCUT2D eigenvalue weighted by molar-refractivity contribution is -0.149. The van der Waals surface area contributed by atoms with Crippen molar-refractivity contribution in [1.82, 2.24) is 15.1 Å². The van der Waals surface area contributed by atoms with E-state index in [1.54, 1.807) is 0 Å². The van der Waals surface area contributed by atoms with Gasteiger partial charge in [0, 0.05) is 39.8 Å². The Morgan fingerprint density at radius 3 is 2.68 bits per heavy atom. The Balaban J connectivity index is 0.00000312. The third kappa shape index (κ3) is 7.29. The second-order valence-corrected chi connectivity index (χ2v) is 7.06. The first-order valence-corrected chi connectivity index (χ1v) is 9.48. The minimum absolute atomic E-state index is 0. The maximum Gasteiger partial charge on any atom is 0.310 e.